The van der Waals surface area contributed by atoms with Crippen LogP contribution in [0.5, 0.6) is 5.75 Å². The summed E-state index contributed by atoms with van der Waals surface area (Å²) in [6.07, 6.45) is 2.10. The summed E-state index contributed by atoms with van der Waals surface area (Å²) in [5, 5.41) is 12.7. The van der Waals surface area contributed by atoms with E-state index in [0.717, 1.165) is 38.0 Å². The molecule has 3 rings (SSSR count). The molecule has 23 heavy (non-hydrogen) atoms. The van der Waals surface area contributed by atoms with E-state index in [1.165, 1.54) is 0 Å². The molecule has 2 heterocycles. The van der Waals surface area contributed by atoms with E-state index < -0.39 is 0 Å². The average molecular weight is 319 g/mol. The first-order chi connectivity index (χ1) is 11.2. The Morgan fingerprint density at radius 1 is 1.30 bits per heavy atom. The fraction of sp³-hybridized carbons (Fsp3) is 0.588. The fourth-order valence-electron chi connectivity index (χ4n) is 3.26. The predicted molar refractivity (Wildman–Crippen MR) is 87.3 cm³/mol. The Morgan fingerprint density at radius 3 is 2.91 bits per heavy atom. The molecule has 0 bridgehead atoms. The summed E-state index contributed by atoms with van der Waals surface area (Å²) in [5.41, 5.74) is 1.10. The van der Waals surface area contributed by atoms with Crippen molar-refractivity contribution in [3.8, 4) is 5.75 Å². The van der Waals surface area contributed by atoms with Gasteiger partial charge in [0, 0.05) is 32.2 Å². The smallest absolute Gasteiger partial charge is 0.317 e. The molecular weight excluding hydrogens is 294 g/mol. The molecule has 2 aliphatic heterocycles. The lowest BCUT2D eigenvalue weighted by Gasteiger charge is -2.35. The highest BCUT2D eigenvalue weighted by molar-refractivity contribution is 5.74. The van der Waals surface area contributed by atoms with Gasteiger partial charge < -0.3 is 20.1 Å². The van der Waals surface area contributed by atoms with Gasteiger partial charge in [-0.2, -0.15) is 0 Å². The Kier molecular flexibility index (Phi) is 5.35. The van der Waals surface area contributed by atoms with E-state index in [2.05, 4.69) is 10.2 Å². The molecule has 0 spiro atoms. The van der Waals surface area contributed by atoms with Crippen LogP contribution >= 0.6 is 0 Å². The second-order valence-corrected chi connectivity index (χ2v) is 6.29. The highest BCUT2D eigenvalue weighted by Gasteiger charge is 2.24. The van der Waals surface area contributed by atoms with Crippen LogP contribution in [0.3, 0.4) is 0 Å². The Hall–Kier alpha value is -1.79. The van der Waals surface area contributed by atoms with Crippen molar-refractivity contribution in [3.05, 3.63) is 29.8 Å². The molecule has 2 aliphatic rings. The van der Waals surface area contributed by atoms with E-state index in [0.29, 0.717) is 32.1 Å². The second-order valence-electron chi connectivity index (χ2n) is 6.29. The number of nitrogens with one attached hydrogen (secondary N) is 1. The monoisotopic (exact) mass is 319 g/mol. The van der Waals surface area contributed by atoms with E-state index in [9.17, 15) is 9.90 Å². The zero-order valence-corrected chi connectivity index (χ0v) is 13.4. The molecule has 2 N–H and O–H groups in total. The van der Waals surface area contributed by atoms with Gasteiger partial charge in [-0.15, -0.1) is 0 Å². The first-order valence-corrected chi connectivity index (χ1v) is 8.34. The van der Waals surface area contributed by atoms with Crippen LogP contribution in [-0.4, -0.2) is 66.4 Å². The summed E-state index contributed by atoms with van der Waals surface area (Å²) in [7, 11) is 0. The van der Waals surface area contributed by atoms with Crippen molar-refractivity contribution in [1.29, 1.82) is 0 Å². The Morgan fingerprint density at radius 2 is 2.13 bits per heavy atom. The number of phenolic OH excluding ortho intramolecular Hbond substituents is 1. The van der Waals surface area contributed by atoms with Gasteiger partial charge in [0.1, 0.15) is 5.75 Å². The number of likely N-dealkylation sites (tertiary alicyclic amines) is 1. The zero-order valence-electron chi connectivity index (χ0n) is 13.4. The summed E-state index contributed by atoms with van der Waals surface area (Å²) in [6, 6.07) is 7.59. The number of benzene rings is 1. The second kappa shape index (κ2) is 7.66. The van der Waals surface area contributed by atoms with Gasteiger partial charge in [0.25, 0.3) is 0 Å². The molecule has 1 atom stereocenters. The van der Waals surface area contributed by atoms with Gasteiger partial charge in [-0.1, -0.05) is 12.1 Å². The Balaban J connectivity index is 1.50. The van der Waals surface area contributed by atoms with Crippen molar-refractivity contribution in [2.45, 2.75) is 25.4 Å². The molecule has 0 saturated carbocycles. The topological polar surface area (TPSA) is 65.0 Å². The molecule has 1 aromatic carbocycles. The number of aromatic hydroxyl groups is 1. The molecule has 6 heteroatoms. The maximum Gasteiger partial charge on any atom is 0.317 e. The molecule has 2 fully saturated rings. The maximum absolute atomic E-state index is 12.3. The van der Waals surface area contributed by atoms with Crippen molar-refractivity contribution in [1.82, 2.24) is 15.1 Å². The van der Waals surface area contributed by atoms with Crippen LogP contribution in [0.4, 0.5) is 4.79 Å². The minimum absolute atomic E-state index is 0.0255. The van der Waals surface area contributed by atoms with Crippen molar-refractivity contribution in [3.63, 3.8) is 0 Å². The maximum atomic E-state index is 12.3. The van der Waals surface area contributed by atoms with Crippen molar-refractivity contribution in [2.75, 3.05) is 39.4 Å². The molecule has 6 nitrogen and oxygen atoms in total. The highest BCUT2D eigenvalue weighted by atomic mass is 16.5. The van der Waals surface area contributed by atoms with Crippen LogP contribution < -0.4 is 5.32 Å². The molecule has 2 saturated heterocycles. The molecule has 1 aromatic rings. The standard InChI is InChI=1S/C17H25N3O3/c21-16-5-1-3-14(11-16)12-19-6-2-4-15(13-19)18-17(22)20-7-9-23-10-8-20/h1,3,5,11,15,21H,2,4,6-10,12-13H2,(H,18,22)/t15-/m1/s1. The van der Waals surface area contributed by atoms with Crippen LogP contribution in [0.1, 0.15) is 18.4 Å². The van der Waals surface area contributed by atoms with Gasteiger partial charge in [0.05, 0.1) is 13.2 Å². The number of phenols is 1. The summed E-state index contributed by atoms with van der Waals surface area (Å²) in [6.45, 7) is 5.28. The highest BCUT2D eigenvalue weighted by Crippen LogP contribution is 2.17. The number of carbonyl (C=O) groups excluding carboxylic acids is 1. The lowest BCUT2D eigenvalue weighted by atomic mass is 10.0. The van der Waals surface area contributed by atoms with Crippen LogP contribution in [0.15, 0.2) is 24.3 Å². The number of hydrogen-bond donors (Lipinski definition) is 2. The van der Waals surface area contributed by atoms with E-state index in [1.54, 1.807) is 12.1 Å². The third-order valence-electron chi connectivity index (χ3n) is 4.45. The molecule has 0 unspecified atom stereocenters. The largest absolute Gasteiger partial charge is 0.508 e. The van der Waals surface area contributed by atoms with E-state index in [-0.39, 0.29) is 12.1 Å². The molecule has 0 aromatic heterocycles. The number of piperidine rings is 1. The third-order valence-corrected chi connectivity index (χ3v) is 4.45. The van der Waals surface area contributed by atoms with Crippen molar-refractivity contribution >= 4 is 6.03 Å². The summed E-state index contributed by atoms with van der Waals surface area (Å²) in [5.74, 6) is 0.302. The number of nitrogens with zero attached hydrogens (tertiary/aromatic N) is 2. The number of morpholine rings is 1. The lowest BCUT2D eigenvalue weighted by Crippen LogP contribution is -2.53. The van der Waals surface area contributed by atoms with Gasteiger partial charge >= 0.3 is 6.03 Å². The first kappa shape index (κ1) is 16.1. The number of rotatable bonds is 3. The average Bonchev–Trinajstić information content (AvgIpc) is 2.56. The summed E-state index contributed by atoms with van der Waals surface area (Å²) >= 11 is 0. The number of ether oxygens (including phenoxy) is 1. The quantitative estimate of drug-likeness (QED) is 0.884. The fourth-order valence-corrected chi connectivity index (χ4v) is 3.26. The van der Waals surface area contributed by atoms with E-state index in [1.807, 2.05) is 17.0 Å². The third kappa shape index (κ3) is 4.59. The normalized spacial score (nSPS) is 22.8. The molecule has 0 aliphatic carbocycles. The van der Waals surface area contributed by atoms with Gasteiger partial charge in [0.2, 0.25) is 0 Å². The van der Waals surface area contributed by atoms with Gasteiger partial charge in [0.15, 0.2) is 0 Å². The number of amides is 2. The van der Waals surface area contributed by atoms with Crippen molar-refractivity contribution in [2.24, 2.45) is 0 Å². The number of carbonyl (C=O) groups is 1. The van der Waals surface area contributed by atoms with Crippen LogP contribution in [0.25, 0.3) is 0 Å². The zero-order chi connectivity index (χ0) is 16.1. The van der Waals surface area contributed by atoms with Gasteiger partial charge in [-0.25, -0.2) is 4.79 Å². The molecule has 126 valence electrons. The molecule has 0 radical (unpaired) electrons. The minimum Gasteiger partial charge on any atom is -0.508 e. The number of urea groups is 1. The minimum atomic E-state index is 0.0255. The predicted octanol–water partition coefficient (Wildman–Crippen LogP) is 1.40. The van der Waals surface area contributed by atoms with Gasteiger partial charge in [-0.3, -0.25) is 4.90 Å². The SMILES string of the molecule is O=C(N[C@@H]1CCCN(Cc2cccc(O)c2)C1)N1CCOCC1. The van der Waals surface area contributed by atoms with Crippen LogP contribution in [0, 0.1) is 0 Å². The van der Waals surface area contributed by atoms with Crippen LogP contribution in [-0.2, 0) is 11.3 Å². The van der Waals surface area contributed by atoms with Gasteiger partial charge in [-0.05, 0) is 37.1 Å². The summed E-state index contributed by atoms with van der Waals surface area (Å²) in [4.78, 5) is 16.5. The first-order valence-electron chi connectivity index (χ1n) is 8.34. The summed E-state index contributed by atoms with van der Waals surface area (Å²) < 4.78 is 5.28. The lowest BCUT2D eigenvalue weighted by molar-refractivity contribution is 0.0513. The van der Waals surface area contributed by atoms with E-state index >= 15 is 0 Å². The van der Waals surface area contributed by atoms with E-state index in [4.69, 9.17) is 4.74 Å². The number of hydrogen-bond acceptors (Lipinski definition) is 4. The Bertz CT molecular complexity index is 532. The van der Waals surface area contributed by atoms with Crippen LogP contribution in [0.2, 0.25) is 0 Å². The Labute approximate surface area is 137 Å². The van der Waals surface area contributed by atoms with Crippen molar-refractivity contribution < 1.29 is 14.6 Å². The molecule has 2 amide bonds. The molecular formula is C17H25N3O3.